The summed E-state index contributed by atoms with van der Waals surface area (Å²) in [6.07, 6.45) is -0.542. The van der Waals surface area contributed by atoms with Gasteiger partial charge in [0.25, 0.3) is 5.91 Å². The standard InChI is InChI=1S/C18H27N3O4S/c1-3-19(2)16-12-21(13-17(16)22)18(23)14-5-4-6-15(11-14)20-7-9-26(24,25)10-8-20/h4-6,11,16-17,22H,3,7-10,12-13H2,1-2H3/t16-,17-/m1/s1. The van der Waals surface area contributed by atoms with Crippen molar-refractivity contribution in [2.45, 2.75) is 19.1 Å². The van der Waals surface area contributed by atoms with E-state index < -0.39 is 15.9 Å². The van der Waals surface area contributed by atoms with E-state index in [-0.39, 0.29) is 23.5 Å². The number of aliphatic hydroxyl groups excluding tert-OH is 1. The van der Waals surface area contributed by atoms with E-state index >= 15 is 0 Å². The number of β-amino-alcohol motifs (C(OH)–C–C–N with tert-alkyl or cyclic N) is 1. The van der Waals surface area contributed by atoms with Crippen molar-refractivity contribution in [2.75, 3.05) is 56.2 Å². The van der Waals surface area contributed by atoms with Crippen LogP contribution < -0.4 is 4.90 Å². The molecule has 2 aliphatic heterocycles. The van der Waals surface area contributed by atoms with Crippen molar-refractivity contribution in [2.24, 2.45) is 0 Å². The number of amides is 1. The van der Waals surface area contributed by atoms with Crippen LogP contribution in [0, 0.1) is 0 Å². The maximum absolute atomic E-state index is 12.9. The molecule has 2 fully saturated rings. The van der Waals surface area contributed by atoms with Crippen LogP contribution in [0.4, 0.5) is 5.69 Å². The Morgan fingerprint density at radius 3 is 2.62 bits per heavy atom. The molecule has 2 aliphatic rings. The number of hydrogen-bond donors (Lipinski definition) is 1. The number of likely N-dealkylation sites (N-methyl/N-ethyl adjacent to an activating group) is 1. The highest BCUT2D eigenvalue weighted by Crippen LogP contribution is 2.22. The van der Waals surface area contributed by atoms with Gasteiger partial charge in [0.2, 0.25) is 0 Å². The van der Waals surface area contributed by atoms with E-state index in [4.69, 9.17) is 0 Å². The Labute approximate surface area is 155 Å². The normalized spacial score (nSPS) is 25.7. The van der Waals surface area contributed by atoms with Crippen LogP contribution in [0.1, 0.15) is 17.3 Å². The van der Waals surface area contributed by atoms with Crippen molar-refractivity contribution in [3.05, 3.63) is 29.8 Å². The maximum atomic E-state index is 12.9. The molecule has 0 aromatic heterocycles. The first-order valence-corrected chi connectivity index (χ1v) is 10.9. The second-order valence-corrected chi connectivity index (χ2v) is 9.41. The van der Waals surface area contributed by atoms with Crippen LogP contribution in [-0.2, 0) is 9.84 Å². The fourth-order valence-electron chi connectivity index (χ4n) is 3.59. The zero-order chi connectivity index (χ0) is 18.9. The zero-order valence-corrected chi connectivity index (χ0v) is 16.2. The molecule has 2 saturated heterocycles. The summed E-state index contributed by atoms with van der Waals surface area (Å²) in [6, 6.07) is 7.29. The lowest BCUT2D eigenvalue weighted by Gasteiger charge is -2.29. The van der Waals surface area contributed by atoms with E-state index in [0.29, 0.717) is 31.7 Å². The molecule has 8 heteroatoms. The molecule has 2 atom stereocenters. The molecule has 7 nitrogen and oxygen atoms in total. The first-order chi connectivity index (χ1) is 12.3. The average molecular weight is 381 g/mol. The number of rotatable bonds is 4. The highest BCUT2D eigenvalue weighted by atomic mass is 32.2. The lowest BCUT2D eigenvalue weighted by atomic mass is 10.1. The minimum absolute atomic E-state index is 0.0422. The van der Waals surface area contributed by atoms with Crippen molar-refractivity contribution in [1.82, 2.24) is 9.80 Å². The van der Waals surface area contributed by atoms with Crippen LogP contribution in [0.25, 0.3) is 0 Å². The fraction of sp³-hybridized carbons (Fsp3) is 0.611. The van der Waals surface area contributed by atoms with Gasteiger partial charge in [-0.15, -0.1) is 0 Å². The van der Waals surface area contributed by atoms with Crippen LogP contribution >= 0.6 is 0 Å². The molecule has 0 saturated carbocycles. The van der Waals surface area contributed by atoms with E-state index in [0.717, 1.165) is 12.2 Å². The Morgan fingerprint density at radius 2 is 1.96 bits per heavy atom. The molecule has 144 valence electrons. The van der Waals surface area contributed by atoms with Gasteiger partial charge in [-0.25, -0.2) is 8.42 Å². The van der Waals surface area contributed by atoms with Crippen molar-refractivity contribution >= 4 is 21.4 Å². The molecule has 1 aromatic rings. The predicted octanol–water partition coefficient (Wildman–Crippen LogP) is 0.0584. The Morgan fingerprint density at radius 1 is 1.27 bits per heavy atom. The summed E-state index contributed by atoms with van der Waals surface area (Å²) < 4.78 is 23.2. The van der Waals surface area contributed by atoms with Gasteiger partial charge >= 0.3 is 0 Å². The molecule has 0 unspecified atom stereocenters. The van der Waals surface area contributed by atoms with Crippen LogP contribution in [0.2, 0.25) is 0 Å². The maximum Gasteiger partial charge on any atom is 0.254 e. The van der Waals surface area contributed by atoms with Gasteiger partial charge in [0, 0.05) is 37.4 Å². The highest BCUT2D eigenvalue weighted by Gasteiger charge is 2.36. The Kier molecular flexibility index (Phi) is 5.55. The number of benzene rings is 1. The number of carbonyl (C=O) groups is 1. The van der Waals surface area contributed by atoms with Crippen LogP contribution in [0.15, 0.2) is 24.3 Å². The Balaban J connectivity index is 1.71. The second-order valence-electron chi connectivity index (χ2n) is 7.11. The lowest BCUT2D eigenvalue weighted by molar-refractivity contribution is 0.0763. The molecule has 26 heavy (non-hydrogen) atoms. The number of likely N-dealkylation sites (tertiary alicyclic amines) is 1. The SMILES string of the molecule is CCN(C)[C@@H]1CN(C(=O)c2cccc(N3CCS(=O)(=O)CC3)c2)C[C@H]1O. The molecule has 2 heterocycles. The molecule has 0 bridgehead atoms. The quantitative estimate of drug-likeness (QED) is 0.794. The van der Waals surface area contributed by atoms with Crippen LogP contribution in [0.3, 0.4) is 0 Å². The Hall–Kier alpha value is -1.64. The summed E-state index contributed by atoms with van der Waals surface area (Å²) in [5, 5.41) is 10.3. The molecule has 1 amide bonds. The van der Waals surface area contributed by atoms with E-state index in [1.807, 2.05) is 37.1 Å². The van der Waals surface area contributed by atoms with Gasteiger partial charge < -0.3 is 14.9 Å². The van der Waals surface area contributed by atoms with E-state index in [9.17, 15) is 18.3 Å². The first-order valence-electron chi connectivity index (χ1n) is 9.04. The monoisotopic (exact) mass is 381 g/mol. The average Bonchev–Trinajstić information content (AvgIpc) is 3.02. The minimum atomic E-state index is -2.94. The van der Waals surface area contributed by atoms with Crippen molar-refractivity contribution in [3.63, 3.8) is 0 Å². The summed E-state index contributed by atoms with van der Waals surface area (Å²) in [5.74, 6) is 0.200. The number of carbonyl (C=O) groups excluding carboxylic acids is 1. The van der Waals surface area contributed by atoms with Gasteiger partial charge in [-0.3, -0.25) is 9.69 Å². The number of nitrogens with zero attached hydrogens (tertiary/aromatic N) is 3. The number of hydrogen-bond acceptors (Lipinski definition) is 6. The van der Waals surface area contributed by atoms with Gasteiger partial charge in [-0.1, -0.05) is 13.0 Å². The smallest absolute Gasteiger partial charge is 0.254 e. The molecular formula is C18H27N3O4S. The summed E-state index contributed by atoms with van der Waals surface area (Å²) in [5.41, 5.74) is 1.44. The number of sulfone groups is 1. The second kappa shape index (κ2) is 7.54. The topological polar surface area (TPSA) is 81.2 Å². The lowest BCUT2D eigenvalue weighted by Crippen LogP contribution is -2.41. The Bertz CT molecular complexity index is 753. The summed E-state index contributed by atoms with van der Waals surface area (Å²) in [7, 11) is -0.984. The van der Waals surface area contributed by atoms with Gasteiger partial charge in [0.1, 0.15) is 0 Å². The predicted molar refractivity (Wildman–Crippen MR) is 101 cm³/mol. The van der Waals surface area contributed by atoms with Crippen molar-refractivity contribution in [1.29, 1.82) is 0 Å². The zero-order valence-electron chi connectivity index (χ0n) is 15.3. The van der Waals surface area contributed by atoms with Crippen molar-refractivity contribution in [3.8, 4) is 0 Å². The molecule has 1 aromatic carbocycles. The van der Waals surface area contributed by atoms with E-state index in [1.165, 1.54) is 0 Å². The van der Waals surface area contributed by atoms with Gasteiger partial charge in [-0.2, -0.15) is 0 Å². The van der Waals surface area contributed by atoms with Crippen LogP contribution in [-0.4, -0.2) is 92.7 Å². The third kappa shape index (κ3) is 4.02. The van der Waals surface area contributed by atoms with Gasteiger partial charge in [0.05, 0.1) is 23.7 Å². The molecule has 3 rings (SSSR count). The molecular weight excluding hydrogens is 354 g/mol. The first kappa shape index (κ1) is 19.1. The van der Waals surface area contributed by atoms with Crippen molar-refractivity contribution < 1.29 is 18.3 Å². The fourth-order valence-corrected chi connectivity index (χ4v) is 4.79. The summed E-state index contributed by atoms with van der Waals surface area (Å²) in [4.78, 5) is 18.6. The molecule has 0 radical (unpaired) electrons. The van der Waals surface area contributed by atoms with Gasteiger partial charge in [0.15, 0.2) is 9.84 Å². The van der Waals surface area contributed by atoms with E-state index in [2.05, 4.69) is 4.90 Å². The largest absolute Gasteiger partial charge is 0.390 e. The van der Waals surface area contributed by atoms with Crippen LogP contribution in [0.5, 0.6) is 0 Å². The highest BCUT2D eigenvalue weighted by molar-refractivity contribution is 7.91. The van der Waals surface area contributed by atoms with E-state index in [1.54, 1.807) is 11.0 Å². The third-order valence-corrected chi connectivity index (χ3v) is 7.02. The molecule has 1 N–H and O–H groups in total. The van der Waals surface area contributed by atoms with Gasteiger partial charge in [-0.05, 0) is 31.8 Å². The number of anilines is 1. The minimum Gasteiger partial charge on any atom is -0.390 e. The summed E-state index contributed by atoms with van der Waals surface area (Å²) >= 11 is 0. The summed E-state index contributed by atoms with van der Waals surface area (Å²) in [6.45, 7) is 4.59. The third-order valence-electron chi connectivity index (χ3n) is 5.41. The molecule has 0 aliphatic carbocycles. The molecule has 0 spiro atoms. The number of aliphatic hydroxyl groups is 1.